The van der Waals surface area contributed by atoms with Gasteiger partial charge in [0.2, 0.25) is 9.84 Å². The fourth-order valence-electron chi connectivity index (χ4n) is 3.74. The Balaban J connectivity index is 1.38. The van der Waals surface area contributed by atoms with Gasteiger partial charge in [-0.15, -0.1) is 11.3 Å². The maximum atomic E-state index is 13.1. The Morgan fingerprint density at radius 1 is 1.11 bits per heavy atom. The number of amides is 2. The molecule has 0 saturated carbocycles. The van der Waals surface area contributed by atoms with E-state index in [9.17, 15) is 23.1 Å². The topological polar surface area (TPSA) is 149 Å². The SMILES string of the molecule is N#Cc1ccc(-c2ncc(CNC(=O)c3cc4c(cc3O)S(=O)(=O)c3ccccc3C(=O)N4)s2)cc1. The van der Waals surface area contributed by atoms with Gasteiger partial charge in [0.05, 0.1) is 44.8 Å². The van der Waals surface area contributed by atoms with Gasteiger partial charge in [-0.25, -0.2) is 13.4 Å². The Hall–Kier alpha value is -4.53. The molecule has 0 atom stereocenters. The van der Waals surface area contributed by atoms with E-state index in [-0.39, 0.29) is 33.2 Å². The molecule has 11 heteroatoms. The van der Waals surface area contributed by atoms with E-state index in [0.717, 1.165) is 22.6 Å². The zero-order valence-electron chi connectivity index (χ0n) is 18.3. The van der Waals surface area contributed by atoms with Gasteiger partial charge in [-0.3, -0.25) is 9.59 Å². The van der Waals surface area contributed by atoms with Gasteiger partial charge < -0.3 is 15.7 Å². The normalized spacial score (nSPS) is 13.5. The summed E-state index contributed by atoms with van der Waals surface area (Å²) < 4.78 is 26.3. The number of benzene rings is 3. The number of sulfone groups is 1. The molecule has 36 heavy (non-hydrogen) atoms. The molecule has 0 spiro atoms. The minimum atomic E-state index is -4.12. The van der Waals surface area contributed by atoms with Crippen molar-refractivity contribution in [2.24, 2.45) is 0 Å². The summed E-state index contributed by atoms with van der Waals surface area (Å²) in [4.78, 5) is 30.1. The molecule has 0 fully saturated rings. The van der Waals surface area contributed by atoms with Gasteiger partial charge in [0.1, 0.15) is 10.8 Å². The first-order valence-corrected chi connectivity index (χ1v) is 12.8. The fourth-order valence-corrected chi connectivity index (χ4v) is 6.21. The number of phenols is 1. The van der Waals surface area contributed by atoms with Crippen LogP contribution in [-0.2, 0) is 16.4 Å². The fraction of sp³-hybridized carbons (Fsp3) is 0.0400. The Kier molecular flexibility index (Phi) is 5.75. The largest absolute Gasteiger partial charge is 0.507 e. The van der Waals surface area contributed by atoms with Crippen molar-refractivity contribution in [3.8, 4) is 22.4 Å². The molecule has 3 aromatic carbocycles. The Morgan fingerprint density at radius 2 is 1.86 bits per heavy atom. The van der Waals surface area contributed by atoms with Crippen LogP contribution in [0.25, 0.3) is 10.6 Å². The lowest BCUT2D eigenvalue weighted by Gasteiger charge is -2.12. The number of aromatic hydroxyl groups is 1. The van der Waals surface area contributed by atoms with E-state index in [1.807, 2.05) is 0 Å². The van der Waals surface area contributed by atoms with E-state index in [1.54, 1.807) is 36.5 Å². The predicted octanol–water partition coefficient (Wildman–Crippen LogP) is 3.72. The highest BCUT2D eigenvalue weighted by atomic mass is 32.2. The molecule has 1 aromatic heterocycles. The number of hydrogen-bond acceptors (Lipinski definition) is 8. The van der Waals surface area contributed by atoms with E-state index in [2.05, 4.69) is 21.7 Å². The molecular formula is C25H16N4O5S2. The first-order valence-electron chi connectivity index (χ1n) is 10.5. The predicted molar refractivity (Wildman–Crippen MR) is 131 cm³/mol. The molecule has 2 amide bonds. The van der Waals surface area contributed by atoms with Crippen LogP contribution in [-0.4, -0.2) is 30.3 Å². The van der Waals surface area contributed by atoms with Crippen LogP contribution in [0.2, 0.25) is 0 Å². The Bertz CT molecular complexity index is 1690. The third-order valence-electron chi connectivity index (χ3n) is 5.54. The maximum Gasteiger partial charge on any atom is 0.257 e. The second-order valence-corrected chi connectivity index (χ2v) is 10.8. The van der Waals surface area contributed by atoms with Crippen LogP contribution >= 0.6 is 11.3 Å². The van der Waals surface area contributed by atoms with Gasteiger partial charge in [0, 0.05) is 22.7 Å². The molecule has 5 rings (SSSR count). The number of thiazole rings is 1. The summed E-state index contributed by atoms with van der Waals surface area (Å²) in [6, 6.07) is 16.9. The molecule has 0 saturated heterocycles. The monoisotopic (exact) mass is 516 g/mol. The van der Waals surface area contributed by atoms with Crippen LogP contribution < -0.4 is 10.6 Å². The lowest BCUT2D eigenvalue weighted by molar-refractivity contribution is 0.0947. The number of fused-ring (bicyclic) bond motifs is 2. The Labute approximate surface area is 209 Å². The number of rotatable bonds is 4. The molecule has 9 nitrogen and oxygen atoms in total. The summed E-state index contributed by atoms with van der Waals surface area (Å²) in [6.07, 6.45) is 1.61. The van der Waals surface area contributed by atoms with Crippen LogP contribution in [0.15, 0.2) is 76.7 Å². The van der Waals surface area contributed by atoms with Gasteiger partial charge in [-0.2, -0.15) is 5.26 Å². The average Bonchev–Trinajstić information content (AvgIpc) is 3.34. The van der Waals surface area contributed by atoms with Crippen molar-refractivity contribution in [2.75, 3.05) is 5.32 Å². The second-order valence-electron chi connectivity index (χ2n) is 7.82. The molecule has 0 aliphatic carbocycles. The van der Waals surface area contributed by atoms with Crippen LogP contribution in [0.3, 0.4) is 0 Å². The average molecular weight is 517 g/mol. The van der Waals surface area contributed by atoms with E-state index < -0.39 is 27.4 Å². The van der Waals surface area contributed by atoms with E-state index >= 15 is 0 Å². The van der Waals surface area contributed by atoms with Gasteiger partial charge >= 0.3 is 0 Å². The first-order chi connectivity index (χ1) is 17.3. The van der Waals surface area contributed by atoms with Crippen molar-refractivity contribution in [1.82, 2.24) is 10.3 Å². The molecule has 0 unspecified atom stereocenters. The minimum Gasteiger partial charge on any atom is -0.507 e. The third kappa shape index (κ3) is 4.08. The lowest BCUT2D eigenvalue weighted by atomic mass is 10.1. The highest BCUT2D eigenvalue weighted by Crippen LogP contribution is 2.37. The minimum absolute atomic E-state index is 0.0255. The molecule has 2 heterocycles. The summed E-state index contributed by atoms with van der Waals surface area (Å²) in [5.41, 5.74) is 1.06. The molecular weight excluding hydrogens is 500 g/mol. The number of aromatic nitrogens is 1. The lowest BCUT2D eigenvalue weighted by Crippen LogP contribution is -2.23. The van der Waals surface area contributed by atoms with Crippen LogP contribution in [0, 0.1) is 11.3 Å². The van der Waals surface area contributed by atoms with Gasteiger partial charge in [-0.1, -0.05) is 24.3 Å². The zero-order valence-corrected chi connectivity index (χ0v) is 20.0. The van der Waals surface area contributed by atoms with E-state index in [4.69, 9.17) is 5.26 Å². The number of hydrogen-bond donors (Lipinski definition) is 3. The van der Waals surface area contributed by atoms with Crippen molar-refractivity contribution in [3.63, 3.8) is 0 Å². The molecule has 178 valence electrons. The number of carbonyl (C=O) groups is 2. The van der Waals surface area contributed by atoms with Crippen molar-refractivity contribution in [3.05, 3.63) is 88.4 Å². The van der Waals surface area contributed by atoms with Crippen LogP contribution in [0.4, 0.5) is 5.69 Å². The summed E-state index contributed by atoms with van der Waals surface area (Å²) in [5.74, 6) is -1.83. The smallest absolute Gasteiger partial charge is 0.257 e. The number of carbonyl (C=O) groups excluding carboxylic acids is 2. The van der Waals surface area contributed by atoms with Crippen molar-refractivity contribution < 1.29 is 23.1 Å². The van der Waals surface area contributed by atoms with E-state index in [1.165, 1.54) is 29.5 Å². The van der Waals surface area contributed by atoms with Crippen molar-refractivity contribution in [2.45, 2.75) is 16.3 Å². The highest BCUT2D eigenvalue weighted by Gasteiger charge is 2.32. The molecule has 0 radical (unpaired) electrons. The number of anilines is 1. The molecule has 4 aromatic rings. The first kappa shape index (κ1) is 23.2. The number of nitrogens with one attached hydrogen (secondary N) is 2. The van der Waals surface area contributed by atoms with Crippen molar-refractivity contribution in [1.29, 1.82) is 5.26 Å². The van der Waals surface area contributed by atoms with Crippen molar-refractivity contribution >= 4 is 38.7 Å². The molecule has 0 bridgehead atoms. The van der Waals surface area contributed by atoms with Gasteiger partial charge in [0.25, 0.3) is 11.8 Å². The number of phenolic OH excluding ortho intramolecular Hbond substituents is 1. The quantitative estimate of drug-likeness (QED) is 0.350. The van der Waals surface area contributed by atoms with Gasteiger partial charge in [-0.05, 0) is 30.3 Å². The third-order valence-corrected chi connectivity index (χ3v) is 8.44. The second kappa shape index (κ2) is 8.92. The summed E-state index contributed by atoms with van der Waals surface area (Å²) >= 11 is 1.35. The molecule has 1 aliphatic rings. The summed E-state index contributed by atoms with van der Waals surface area (Å²) in [6.45, 7) is 0.111. The highest BCUT2D eigenvalue weighted by molar-refractivity contribution is 7.91. The van der Waals surface area contributed by atoms with Crippen LogP contribution in [0.5, 0.6) is 5.75 Å². The summed E-state index contributed by atoms with van der Waals surface area (Å²) in [5, 5.41) is 25.3. The molecule has 3 N–H and O–H groups in total. The summed E-state index contributed by atoms with van der Waals surface area (Å²) in [7, 11) is -4.12. The number of nitriles is 1. The zero-order chi connectivity index (χ0) is 25.4. The maximum absolute atomic E-state index is 13.1. The number of nitrogens with zero attached hydrogens (tertiary/aromatic N) is 2. The Morgan fingerprint density at radius 3 is 2.61 bits per heavy atom. The van der Waals surface area contributed by atoms with E-state index in [0.29, 0.717) is 10.6 Å². The van der Waals surface area contributed by atoms with Gasteiger partial charge in [0.15, 0.2) is 0 Å². The standard InChI is InChI=1S/C25H16N4O5S2/c26-11-14-5-7-15(8-6-14)25-28-13-16(35-25)12-27-23(31)18-9-19-22(10-20(18)30)36(33,34)21-4-2-1-3-17(21)24(32)29-19/h1-10,13,30H,12H2,(H,27,31)(H,29,32). The van der Waals surface area contributed by atoms with Crippen LogP contribution in [0.1, 0.15) is 31.2 Å². The molecule has 1 aliphatic heterocycles.